The van der Waals surface area contributed by atoms with E-state index in [0.29, 0.717) is 17.8 Å². The monoisotopic (exact) mass is 267 g/mol. The lowest BCUT2D eigenvalue weighted by Gasteiger charge is -2.33. The summed E-state index contributed by atoms with van der Waals surface area (Å²) in [5.41, 5.74) is 4.32. The molecular formula is C14H13N5O. The second-order valence-corrected chi connectivity index (χ2v) is 5.13. The molecule has 1 aromatic rings. The van der Waals surface area contributed by atoms with Crippen LogP contribution in [0.25, 0.3) is 0 Å². The lowest BCUT2D eigenvalue weighted by Crippen LogP contribution is -2.32. The van der Waals surface area contributed by atoms with Gasteiger partial charge in [-0.1, -0.05) is 26.0 Å². The number of anilines is 2. The normalized spacial score (nSPS) is 15.1. The van der Waals surface area contributed by atoms with Gasteiger partial charge in [0.25, 0.3) is 0 Å². The second kappa shape index (κ2) is 5.02. The van der Waals surface area contributed by atoms with Gasteiger partial charge in [0.05, 0.1) is 11.4 Å². The van der Waals surface area contributed by atoms with Crippen molar-refractivity contribution in [2.24, 2.45) is 5.10 Å². The quantitative estimate of drug-likeness (QED) is 0.633. The van der Waals surface area contributed by atoms with E-state index in [0.717, 1.165) is 5.56 Å². The Balaban J connectivity index is 2.44. The molecule has 6 nitrogen and oxygen atoms in total. The Morgan fingerprint density at radius 3 is 2.75 bits per heavy atom. The third kappa shape index (κ3) is 2.45. The van der Waals surface area contributed by atoms with Crippen LogP contribution in [0.1, 0.15) is 25.8 Å². The number of nitriles is 2. The molecule has 20 heavy (non-hydrogen) atoms. The molecule has 0 aliphatic carbocycles. The maximum absolute atomic E-state index is 11.8. The number of nitrogens with one attached hydrogen (secondary N) is 2. The summed E-state index contributed by atoms with van der Waals surface area (Å²) in [4.78, 5) is 11.8. The molecule has 0 fully saturated rings. The molecule has 0 bridgehead atoms. The predicted octanol–water partition coefficient (Wildman–Crippen LogP) is 2.12. The number of rotatable bonds is 2. The zero-order chi connectivity index (χ0) is 14.8. The summed E-state index contributed by atoms with van der Waals surface area (Å²) < 4.78 is 0. The number of carbonyl (C=O) groups is 1. The summed E-state index contributed by atoms with van der Waals surface area (Å²) in [5, 5.41) is 23.8. The third-order valence-electron chi connectivity index (χ3n) is 3.16. The highest BCUT2D eigenvalue weighted by molar-refractivity contribution is 6.10. The molecule has 0 radical (unpaired) electrons. The predicted molar refractivity (Wildman–Crippen MR) is 75.0 cm³/mol. The topological polar surface area (TPSA) is 101 Å². The number of hydrogen-bond acceptors (Lipinski definition) is 5. The fourth-order valence-electron chi connectivity index (χ4n) is 2.22. The fraction of sp³-hybridized carbons (Fsp3) is 0.286. The molecule has 1 heterocycles. The van der Waals surface area contributed by atoms with Gasteiger partial charge < -0.3 is 5.32 Å². The van der Waals surface area contributed by atoms with Gasteiger partial charge >= 0.3 is 0 Å². The van der Waals surface area contributed by atoms with E-state index >= 15 is 0 Å². The average molecular weight is 267 g/mol. The minimum atomic E-state index is -0.274. The first-order valence-electron chi connectivity index (χ1n) is 6.05. The van der Waals surface area contributed by atoms with Gasteiger partial charge in [-0.05, 0) is 11.6 Å². The highest BCUT2D eigenvalue weighted by Gasteiger charge is 2.32. The molecule has 0 spiro atoms. The number of amides is 1. The lowest BCUT2D eigenvalue weighted by atomic mass is 9.78. The Labute approximate surface area is 116 Å². The first-order valence-corrected chi connectivity index (χ1v) is 6.05. The smallest absolute Gasteiger partial charge is 0.237 e. The number of benzene rings is 1. The molecular weight excluding hydrogens is 254 g/mol. The Morgan fingerprint density at radius 2 is 2.10 bits per heavy atom. The van der Waals surface area contributed by atoms with Gasteiger partial charge in [-0.3, -0.25) is 10.2 Å². The van der Waals surface area contributed by atoms with E-state index in [4.69, 9.17) is 10.5 Å². The number of fused-ring (bicyclic) bond motifs is 1. The molecule has 0 saturated carbocycles. The third-order valence-corrected chi connectivity index (χ3v) is 3.16. The van der Waals surface area contributed by atoms with Crippen LogP contribution in [0.3, 0.4) is 0 Å². The number of carbonyl (C=O) groups excluding carboxylic acids is 1. The van der Waals surface area contributed by atoms with Crippen molar-refractivity contribution >= 4 is 23.0 Å². The molecule has 6 heteroatoms. The van der Waals surface area contributed by atoms with Crippen LogP contribution in [0, 0.1) is 22.7 Å². The van der Waals surface area contributed by atoms with Gasteiger partial charge in [0.1, 0.15) is 12.1 Å². The van der Waals surface area contributed by atoms with Gasteiger partial charge in [0, 0.05) is 11.8 Å². The van der Waals surface area contributed by atoms with Gasteiger partial charge in [0.15, 0.2) is 0 Å². The van der Waals surface area contributed by atoms with Crippen LogP contribution in [0.2, 0.25) is 0 Å². The minimum absolute atomic E-state index is 0.0680. The van der Waals surface area contributed by atoms with Crippen molar-refractivity contribution in [3.63, 3.8) is 0 Å². The fourth-order valence-corrected chi connectivity index (χ4v) is 2.22. The SMILES string of the molecule is CC1(C)CC(=O)Nc2c(NN=C(C#N)C#N)cccc21. The summed E-state index contributed by atoms with van der Waals surface area (Å²) in [5.74, 6) is -0.0680. The molecule has 1 amide bonds. The van der Waals surface area contributed by atoms with E-state index in [-0.39, 0.29) is 17.0 Å². The summed E-state index contributed by atoms with van der Waals surface area (Å²) in [6.07, 6.45) is 0.411. The summed E-state index contributed by atoms with van der Waals surface area (Å²) in [6, 6.07) is 8.85. The van der Waals surface area contributed by atoms with Crippen LogP contribution < -0.4 is 10.7 Å². The van der Waals surface area contributed by atoms with Gasteiger partial charge in [0.2, 0.25) is 11.6 Å². The average Bonchev–Trinajstić information content (AvgIpc) is 2.39. The van der Waals surface area contributed by atoms with Crippen LogP contribution in [-0.2, 0) is 10.2 Å². The first kappa shape index (κ1) is 13.6. The molecule has 1 aromatic carbocycles. The van der Waals surface area contributed by atoms with E-state index in [1.807, 2.05) is 26.0 Å². The van der Waals surface area contributed by atoms with E-state index < -0.39 is 0 Å². The van der Waals surface area contributed by atoms with E-state index in [1.165, 1.54) is 0 Å². The first-order chi connectivity index (χ1) is 9.47. The summed E-state index contributed by atoms with van der Waals surface area (Å²) in [7, 11) is 0. The van der Waals surface area contributed by atoms with Crippen molar-refractivity contribution in [3.8, 4) is 12.1 Å². The van der Waals surface area contributed by atoms with Gasteiger partial charge in [-0.25, -0.2) is 0 Å². The van der Waals surface area contributed by atoms with Crippen LogP contribution in [-0.4, -0.2) is 11.6 Å². The second-order valence-electron chi connectivity index (χ2n) is 5.13. The largest absolute Gasteiger partial charge is 0.324 e. The van der Waals surface area contributed by atoms with E-state index in [9.17, 15) is 4.79 Å². The van der Waals surface area contributed by atoms with Crippen LogP contribution in [0.15, 0.2) is 23.3 Å². The number of para-hydroxylation sites is 1. The Kier molecular flexibility index (Phi) is 3.41. The number of nitrogens with zero attached hydrogens (tertiary/aromatic N) is 3. The lowest BCUT2D eigenvalue weighted by molar-refractivity contribution is -0.117. The van der Waals surface area contributed by atoms with Crippen molar-refractivity contribution in [2.75, 3.05) is 10.7 Å². The van der Waals surface area contributed by atoms with Crippen LogP contribution in [0.4, 0.5) is 11.4 Å². The summed E-state index contributed by atoms with van der Waals surface area (Å²) in [6.45, 7) is 3.99. The molecule has 0 saturated heterocycles. The number of hydrazone groups is 1. The Bertz CT molecular complexity index is 660. The molecule has 0 aromatic heterocycles. The van der Waals surface area contributed by atoms with Crippen molar-refractivity contribution < 1.29 is 4.79 Å². The molecule has 0 unspecified atom stereocenters. The summed E-state index contributed by atoms with van der Waals surface area (Å²) >= 11 is 0. The maximum Gasteiger partial charge on any atom is 0.237 e. The standard InChI is InChI=1S/C14H13N5O/c1-14(2)6-12(20)17-13-10(14)4-3-5-11(13)19-18-9(7-15)8-16/h3-5,19H,6H2,1-2H3,(H,17,20). The molecule has 1 aliphatic rings. The zero-order valence-corrected chi connectivity index (χ0v) is 11.2. The van der Waals surface area contributed by atoms with Crippen molar-refractivity contribution in [1.82, 2.24) is 0 Å². The van der Waals surface area contributed by atoms with E-state index in [1.54, 1.807) is 18.2 Å². The molecule has 0 atom stereocenters. The highest BCUT2D eigenvalue weighted by Crippen LogP contribution is 2.40. The Morgan fingerprint density at radius 1 is 1.40 bits per heavy atom. The maximum atomic E-state index is 11.8. The molecule has 1 aliphatic heterocycles. The molecule has 100 valence electrons. The number of hydrogen-bond donors (Lipinski definition) is 2. The van der Waals surface area contributed by atoms with Crippen LogP contribution >= 0.6 is 0 Å². The Hall–Kier alpha value is -2.86. The van der Waals surface area contributed by atoms with Crippen LogP contribution in [0.5, 0.6) is 0 Å². The van der Waals surface area contributed by atoms with Gasteiger partial charge in [-0.15, -0.1) is 0 Å². The van der Waals surface area contributed by atoms with Crippen molar-refractivity contribution in [2.45, 2.75) is 25.7 Å². The zero-order valence-electron chi connectivity index (χ0n) is 11.2. The molecule has 2 rings (SSSR count). The van der Waals surface area contributed by atoms with Gasteiger partial charge in [-0.2, -0.15) is 15.6 Å². The van der Waals surface area contributed by atoms with Crippen molar-refractivity contribution in [3.05, 3.63) is 23.8 Å². The van der Waals surface area contributed by atoms with E-state index in [2.05, 4.69) is 15.8 Å². The van der Waals surface area contributed by atoms with Crippen molar-refractivity contribution in [1.29, 1.82) is 10.5 Å². The minimum Gasteiger partial charge on any atom is -0.324 e. The highest BCUT2D eigenvalue weighted by atomic mass is 16.1. The molecule has 2 N–H and O–H groups in total.